The summed E-state index contributed by atoms with van der Waals surface area (Å²) in [6.45, 7) is 0. The maximum absolute atomic E-state index is 4.45. The third-order valence-electron chi connectivity index (χ3n) is 2.78. The molecule has 0 bridgehead atoms. The van der Waals surface area contributed by atoms with Gasteiger partial charge in [-0.3, -0.25) is 4.68 Å². The standard InChI is InChI=1S/C14H12N2/c1-16-10-9-14(15-16)13-8-4-6-11-5-2-3-7-12(11)13/h2-10H,1H3. The van der Waals surface area contributed by atoms with Crippen LogP contribution in [0.15, 0.2) is 54.7 Å². The Labute approximate surface area is 94.1 Å². The molecular weight excluding hydrogens is 196 g/mol. The Morgan fingerprint density at radius 3 is 2.56 bits per heavy atom. The SMILES string of the molecule is Cn1ccc(-c2cccc3ccccc23)n1. The molecule has 2 nitrogen and oxygen atoms in total. The summed E-state index contributed by atoms with van der Waals surface area (Å²) >= 11 is 0. The van der Waals surface area contributed by atoms with Crippen LogP contribution >= 0.6 is 0 Å². The Bertz CT molecular complexity index is 633. The zero-order valence-electron chi connectivity index (χ0n) is 9.09. The van der Waals surface area contributed by atoms with Gasteiger partial charge < -0.3 is 0 Å². The third-order valence-corrected chi connectivity index (χ3v) is 2.78. The van der Waals surface area contributed by atoms with E-state index < -0.39 is 0 Å². The number of rotatable bonds is 1. The molecule has 2 heteroatoms. The van der Waals surface area contributed by atoms with Crippen LogP contribution in [-0.2, 0) is 7.05 Å². The fourth-order valence-corrected chi connectivity index (χ4v) is 2.01. The summed E-state index contributed by atoms with van der Waals surface area (Å²) in [6.07, 6.45) is 1.97. The molecule has 16 heavy (non-hydrogen) atoms. The van der Waals surface area contributed by atoms with Crippen molar-refractivity contribution in [3.8, 4) is 11.3 Å². The first kappa shape index (κ1) is 9.16. The second kappa shape index (κ2) is 3.49. The predicted molar refractivity (Wildman–Crippen MR) is 66.2 cm³/mol. The average Bonchev–Trinajstić information content (AvgIpc) is 2.75. The normalized spacial score (nSPS) is 10.8. The average molecular weight is 208 g/mol. The molecule has 0 fully saturated rings. The largest absolute Gasteiger partial charge is 0.275 e. The van der Waals surface area contributed by atoms with Gasteiger partial charge in [-0.1, -0.05) is 42.5 Å². The van der Waals surface area contributed by atoms with E-state index in [-0.39, 0.29) is 0 Å². The first-order valence-electron chi connectivity index (χ1n) is 5.32. The molecular formula is C14H12N2. The van der Waals surface area contributed by atoms with Gasteiger partial charge in [-0.25, -0.2) is 0 Å². The summed E-state index contributed by atoms with van der Waals surface area (Å²) in [4.78, 5) is 0. The molecule has 0 radical (unpaired) electrons. The van der Waals surface area contributed by atoms with Crippen LogP contribution in [0, 0.1) is 0 Å². The number of benzene rings is 2. The van der Waals surface area contributed by atoms with Crippen molar-refractivity contribution in [2.75, 3.05) is 0 Å². The first-order valence-corrected chi connectivity index (χ1v) is 5.32. The molecule has 1 heterocycles. The van der Waals surface area contributed by atoms with Crippen LogP contribution < -0.4 is 0 Å². The van der Waals surface area contributed by atoms with Gasteiger partial charge in [-0.2, -0.15) is 5.10 Å². The van der Waals surface area contributed by atoms with Crippen LogP contribution in [0.25, 0.3) is 22.0 Å². The van der Waals surface area contributed by atoms with Gasteiger partial charge in [0.1, 0.15) is 0 Å². The fraction of sp³-hybridized carbons (Fsp3) is 0.0714. The molecule has 0 N–H and O–H groups in total. The summed E-state index contributed by atoms with van der Waals surface area (Å²) in [5.74, 6) is 0. The van der Waals surface area contributed by atoms with Gasteiger partial charge in [-0.05, 0) is 16.8 Å². The molecule has 2 aromatic carbocycles. The molecule has 0 saturated heterocycles. The quantitative estimate of drug-likeness (QED) is 0.600. The number of aryl methyl sites for hydroxylation is 1. The number of hydrogen-bond donors (Lipinski definition) is 0. The second-order valence-corrected chi connectivity index (χ2v) is 3.90. The van der Waals surface area contributed by atoms with E-state index in [1.54, 1.807) is 0 Å². The minimum absolute atomic E-state index is 1.03. The van der Waals surface area contributed by atoms with E-state index in [1.807, 2.05) is 24.0 Å². The number of fused-ring (bicyclic) bond motifs is 1. The lowest BCUT2D eigenvalue weighted by Crippen LogP contribution is -1.88. The van der Waals surface area contributed by atoms with Crippen molar-refractivity contribution in [1.82, 2.24) is 9.78 Å². The van der Waals surface area contributed by atoms with Crippen LogP contribution in [0.4, 0.5) is 0 Å². The summed E-state index contributed by atoms with van der Waals surface area (Å²) in [5.41, 5.74) is 2.22. The first-order chi connectivity index (χ1) is 7.84. The Morgan fingerprint density at radius 1 is 0.938 bits per heavy atom. The topological polar surface area (TPSA) is 17.8 Å². The van der Waals surface area contributed by atoms with Crippen molar-refractivity contribution in [1.29, 1.82) is 0 Å². The Kier molecular flexibility index (Phi) is 2.00. The Balaban J connectivity index is 2.31. The van der Waals surface area contributed by atoms with Gasteiger partial charge in [-0.15, -0.1) is 0 Å². The van der Waals surface area contributed by atoms with E-state index >= 15 is 0 Å². The zero-order chi connectivity index (χ0) is 11.0. The maximum atomic E-state index is 4.45. The number of hydrogen-bond acceptors (Lipinski definition) is 1. The molecule has 0 aliphatic rings. The van der Waals surface area contributed by atoms with Gasteiger partial charge in [0.25, 0.3) is 0 Å². The minimum atomic E-state index is 1.03. The van der Waals surface area contributed by atoms with Crippen LogP contribution in [0.5, 0.6) is 0 Å². The highest BCUT2D eigenvalue weighted by Gasteiger charge is 2.04. The monoisotopic (exact) mass is 208 g/mol. The maximum Gasteiger partial charge on any atom is 0.0929 e. The summed E-state index contributed by atoms with van der Waals surface area (Å²) in [6, 6.07) is 16.8. The van der Waals surface area contributed by atoms with Gasteiger partial charge in [0.2, 0.25) is 0 Å². The van der Waals surface area contributed by atoms with Gasteiger partial charge >= 0.3 is 0 Å². The molecule has 0 aliphatic carbocycles. The van der Waals surface area contributed by atoms with Crippen molar-refractivity contribution in [2.24, 2.45) is 7.05 Å². The molecule has 0 atom stereocenters. The van der Waals surface area contributed by atoms with Crippen molar-refractivity contribution in [3.05, 3.63) is 54.7 Å². The minimum Gasteiger partial charge on any atom is -0.275 e. The Morgan fingerprint density at radius 2 is 1.75 bits per heavy atom. The van der Waals surface area contributed by atoms with Crippen molar-refractivity contribution >= 4 is 10.8 Å². The molecule has 0 spiro atoms. The molecule has 3 rings (SSSR count). The lowest BCUT2D eigenvalue weighted by atomic mass is 10.0. The number of aromatic nitrogens is 2. The van der Waals surface area contributed by atoms with Crippen molar-refractivity contribution in [2.45, 2.75) is 0 Å². The fourth-order valence-electron chi connectivity index (χ4n) is 2.01. The van der Waals surface area contributed by atoms with E-state index in [2.05, 4.69) is 47.6 Å². The second-order valence-electron chi connectivity index (χ2n) is 3.90. The Hall–Kier alpha value is -2.09. The van der Waals surface area contributed by atoms with Gasteiger partial charge in [0.05, 0.1) is 5.69 Å². The molecule has 0 unspecified atom stereocenters. The zero-order valence-corrected chi connectivity index (χ0v) is 9.09. The summed E-state index contributed by atoms with van der Waals surface area (Å²) < 4.78 is 1.83. The highest BCUT2D eigenvalue weighted by Crippen LogP contribution is 2.26. The molecule has 78 valence electrons. The van der Waals surface area contributed by atoms with E-state index in [1.165, 1.54) is 16.3 Å². The van der Waals surface area contributed by atoms with Crippen LogP contribution in [0.2, 0.25) is 0 Å². The molecule has 1 aromatic heterocycles. The van der Waals surface area contributed by atoms with E-state index in [0.29, 0.717) is 0 Å². The molecule has 3 aromatic rings. The van der Waals surface area contributed by atoms with Crippen LogP contribution in [0.1, 0.15) is 0 Å². The van der Waals surface area contributed by atoms with Gasteiger partial charge in [0, 0.05) is 18.8 Å². The van der Waals surface area contributed by atoms with E-state index in [0.717, 1.165) is 5.69 Å². The number of nitrogens with zero attached hydrogens (tertiary/aromatic N) is 2. The molecule has 0 saturated carbocycles. The third kappa shape index (κ3) is 1.39. The lowest BCUT2D eigenvalue weighted by molar-refractivity contribution is 0.771. The predicted octanol–water partition coefficient (Wildman–Crippen LogP) is 3.24. The van der Waals surface area contributed by atoms with Crippen molar-refractivity contribution < 1.29 is 0 Å². The van der Waals surface area contributed by atoms with E-state index in [4.69, 9.17) is 0 Å². The molecule has 0 amide bonds. The summed E-state index contributed by atoms with van der Waals surface area (Å²) in [7, 11) is 1.94. The highest BCUT2D eigenvalue weighted by molar-refractivity contribution is 5.95. The van der Waals surface area contributed by atoms with Crippen LogP contribution in [-0.4, -0.2) is 9.78 Å². The van der Waals surface area contributed by atoms with Crippen molar-refractivity contribution in [3.63, 3.8) is 0 Å². The van der Waals surface area contributed by atoms with E-state index in [9.17, 15) is 0 Å². The van der Waals surface area contributed by atoms with Crippen LogP contribution in [0.3, 0.4) is 0 Å². The summed E-state index contributed by atoms with van der Waals surface area (Å²) in [5, 5.41) is 6.96. The highest BCUT2D eigenvalue weighted by atomic mass is 15.2. The molecule has 0 aliphatic heterocycles. The lowest BCUT2D eigenvalue weighted by Gasteiger charge is -2.03. The van der Waals surface area contributed by atoms with Gasteiger partial charge in [0.15, 0.2) is 0 Å². The smallest absolute Gasteiger partial charge is 0.0929 e.